The molecule has 1 aromatic heterocycles. The molecule has 1 spiro atoms. The first-order valence-electron chi connectivity index (χ1n) is 6.99. The van der Waals surface area contributed by atoms with E-state index in [-0.39, 0.29) is 11.6 Å². The fourth-order valence-corrected chi connectivity index (χ4v) is 3.87. The molecule has 5 heteroatoms. The molecule has 0 radical (unpaired) electrons. The van der Waals surface area contributed by atoms with Crippen LogP contribution in [0.25, 0.3) is 11.0 Å². The van der Waals surface area contributed by atoms with E-state index in [0.29, 0.717) is 10.7 Å². The van der Waals surface area contributed by atoms with Crippen molar-refractivity contribution in [1.82, 2.24) is 5.32 Å². The third kappa shape index (κ3) is 1.57. The van der Waals surface area contributed by atoms with E-state index in [0.717, 1.165) is 42.2 Å². The van der Waals surface area contributed by atoms with Gasteiger partial charge in [0.1, 0.15) is 5.58 Å². The summed E-state index contributed by atoms with van der Waals surface area (Å²) in [6, 6.07) is 3.59. The van der Waals surface area contributed by atoms with Crippen molar-refractivity contribution in [3.05, 3.63) is 29.0 Å². The van der Waals surface area contributed by atoms with E-state index in [2.05, 4.69) is 10.6 Å². The lowest BCUT2D eigenvalue weighted by Crippen LogP contribution is -2.52. The number of halogens is 1. The van der Waals surface area contributed by atoms with E-state index >= 15 is 0 Å². The van der Waals surface area contributed by atoms with Gasteiger partial charge in [0.25, 0.3) is 0 Å². The number of fused-ring (bicyclic) bond motifs is 4. The van der Waals surface area contributed by atoms with Gasteiger partial charge in [-0.25, -0.2) is 4.79 Å². The summed E-state index contributed by atoms with van der Waals surface area (Å²) in [5.74, 6) is 0. The topological polar surface area (TPSA) is 54.3 Å². The van der Waals surface area contributed by atoms with Gasteiger partial charge in [-0.05, 0) is 25.0 Å². The molecule has 1 saturated carbocycles. The first-order chi connectivity index (χ1) is 9.70. The van der Waals surface area contributed by atoms with E-state index in [1.807, 2.05) is 12.1 Å². The summed E-state index contributed by atoms with van der Waals surface area (Å²) in [7, 11) is 0. The van der Waals surface area contributed by atoms with E-state index in [4.69, 9.17) is 16.0 Å². The molecule has 104 valence electrons. The highest BCUT2D eigenvalue weighted by Gasteiger charge is 2.43. The Balaban J connectivity index is 2.04. The Morgan fingerprint density at radius 3 is 2.85 bits per heavy atom. The first kappa shape index (κ1) is 12.1. The van der Waals surface area contributed by atoms with Crippen LogP contribution in [0.15, 0.2) is 22.8 Å². The van der Waals surface area contributed by atoms with E-state index in [1.54, 1.807) is 6.26 Å². The van der Waals surface area contributed by atoms with Crippen molar-refractivity contribution >= 4 is 34.3 Å². The minimum atomic E-state index is -0.336. The van der Waals surface area contributed by atoms with Crippen LogP contribution >= 0.6 is 11.6 Å². The standard InChI is InChI=1S/C15H15ClN2O2/c16-10-8-9-4-7-20-13(9)11-12(10)17-14(19)18-15(11)5-2-1-3-6-15/h4,7-8H,1-3,5-6H2,(H2,17,18,19). The number of benzene rings is 1. The minimum absolute atomic E-state index is 0.174. The Labute approximate surface area is 121 Å². The summed E-state index contributed by atoms with van der Waals surface area (Å²) in [6.45, 7) is 0. The minimum Gasteiger partial charge on any atom is -0.464 e. The number of amides is 2. The second-order valence-corrected chi connectivity index (χ2v) is 6.08. The molecule has 0 unspecified atom stereocenters. The summed E-state index contributed by atoms with van der Waals surface area (Å²) in [5, 5.41) is 7.53. The Hall–Kier alpha value is -1.68. The van der Waals surface area contributed by atoms with E-state index in [9.17, 15) is 4.79 Å². The molecule has 2 aliphatic rings. The fraction of sp³-hybridized carbons (Fsp3) is 0.400. The third-order valence-corrected chi connectivity index (χ3v) is 4.77. The lowest BCUT2D eigenvalue weighted by molar-refractivity contribution is 0.209. The van der Waals surface area contributed by atoms with Gasteiger partial charge in [-0.3, -0.25) is 0 Å². The van der Waals surface area contributed by atoms with Gasteiger partial charge in [-0.1, -0.05) is 30.9 Å². The maximum atomic E-state index is 12.0. The molecule has 4 nitrogen and oxygen atoms in total. The van der Waals surface area contributed by atoms with Crippen LogP contribution in [0.3, 0.4) is 0 Å². The summed E-state index contributed by atoms with van der Waals surface area (Å²) >= 11 is 6.36. The summed E-state index contributed by atoms with van der Waals surface area (Å²) < 4.78 is 5.68. The highest BCUT2D eigenvalue weighted by molar-refractivity contribution is 6.35. The largest absolute Gasteiger partial charge is 0.464 e. The number of hydrogen-bond acceptors (Lipinski definition) is 2. The smallest absolute Gasteiger partial charge is 0.319 e. The lowest BCUT2D eigenvalue weighted by Gasteiger charge is -2.42. The van der Waals surface area contributed by atoms with Crippen LogP contribution in [-0.2, 0) is 5.54 Å². The number of anilines is 1. The summed E-state index contributed by atoms with van der Waals surface area (Å²) in [6.07, 6.45) is 6.96. The van der Waals surface area contributed by atoms with Crippen molar-refractivity contribution in [2.75, 3.05) is 5.32 Å². The number of carbonyl (C=O) groups is 1. The van der Waals surface area contributed by atoms with Crippen molar-refractivity contribution in [1.29, 1.82) is 0 Å². The number of rotatable bonds is 0. The number of carbonyl (C=O) groups excluding carboxylic acids is 1. The number of hydrogen-bond donors (Lipinski definition) is 2. The Bertz CT molecular complexity index is 701. The second-order valence-electron chi connectivity index (χ2n) is 5.67. The molecular formula is C15H15ClN2O2. The zero-order valence-corrected chi connectivity index (χ0v) is 11.7. The second kappa shape index (κ2) is 4.16. The van der Waals surface area contributed by atoms with Gasteiger partial charge in [-0.15, -0.1) is 0 Å². The van der Waals surface area contributed by atoms with Crippen molar-refractivity contribution < 1.29 is 9.21 Å². The zero-order valence-electron chi connectivity index (χ0n) is 11.0. The normalized spacial score (nSPS) is 20.6. The number of urea groups is 1. The van der Waals surface area contributed by atoms with Crippen LogP contribution in [-0.4, -0.2) is 6.03 Å². The predicted molar refractivity (Wildman–Crippen MR) is 78.1 cm³/mol. The molecule has 0 atom stereocenters. The van der Waals surface area contributed by atoms with Crippen LogP contribution in [0.4, 0.5) is 10.5 Å². The van der Waals surface area contributed by atoms with Gasteiger partial charge in [0.2, 0.25) is 0 Å². The zero-order chi connectivity index (χ0) is 13.7. The van der Waals surface area contributed by atoms with Crippen LogP contribution in [0, 0.1) is 0 Å². The molecule has 4 rings (SSSR count). The molecule has 2 heterocycles. The van der Waals surface area contributed by atoms with Crippen LogP contribution in [0.2, 0.25) is 5.02 Å². The molecule has 1 aromatic carbocycles. The number of furan rings is 1. The molecule has 0 saturated heterocycles. The average Bonchev–Trinajstić information content (AvgIpc) is 2.87. The Morgan fingerprint density at radius 2 is 2.05 bits per heavy atom. The number of nitrogens with one attached hydrogen (secondary N) is 2. The van der Waals surface area contributed by atoms with Crippen molar-refractivity contribution in [2.45, 2.75) is 37.6 Å². The maximum Gasteiger partial charge on any atom is 0.319 e. The molecule has 0 bridgehead atoms. The molecule has 1 aliphatic carbocycles. The van der Waals surface area contributed by atoms with Gasteiger partial charge < -0.3 is 15.1 Å². The quantitative estimate of drug-likeness (QED) is 0.756. The molecule has 1 aliphatic heterocycles. The molecule has 2 N–H and O–H groups in total. The lowest BCUT2D eigenvalue weighted by atomic mass is 9.74. The van der Waals surface area contributed by atoms with Crippen molar-refractivity contribution in [2.24, 2.45) is 0 Å². The van der Waals surface area contributed by atoms with Crippen molar-refractivity contribution in [3.8, 4) is 0 Å². The van der Waals surface area contributed by atoms with Gasteiger partial charge in [0.15, 0.2) is 0 Å². The van der Waals surface area contributed by atoms with E-state index in [1.165, 1.54) is 6.42 Å². The van der Waals surface area contributed by atoms with Gasteiger partial charge in [0.05, 0.1) is 22.5 Å². The molecule has 2 amide bonds. The first-order valence-corrected chi connectivity index (χ1v) is 7.37. The monoisotopic (exact) mass is 290 g/mol. The summed E-state index contributed by atoms with van der Waals surface area (Å²) in [4.78, 5) is 12.0. The fourth-order valence-electron chi connectivity index (χ4n) is 3.61. The molecular weight excluding hydrogens is 276 g/mol. The predicted octanol–water partition coefficient (Wildman–Crippen LogP) is 4.38. The average molecular weight is 291 g/mol. The molecule has 2 aromatic rings. The van der Waals surface area contributed by atoms with Crippen LogP contribution in [0.5, 0.6) is 0 Å². The summed E-state index contributed by atoms with van der Waals surface area (Å²) in [5.41, 5.74) is 2.22. The van der Waals surface area contributed by atoms with Gasteiger partial charge in [-0.2, -0.15) is 0 Å². The van der Waals surface area contributed by atoms with E-state index < -0.39 is 0 Å². The highest BCUT2D eigenvalue weighted by Crippen LogP contribution is 2.48. The van der Waals surface area contributed by atoms with Crippen molar-refractivity contribution in [3.63, 3.8) is 0 Å². The van der Waals surface area contributed by atoms with Crippen LogP contribution in [0.1, 0.15) is 37.7 Å². The molecule has 1 fully saturated rings. The third-order valence-electron chi connectivity index (χ3n) is 4.47. The van der Waals surface area contributed by atoms with Crippen LogP contribution < -0.4 is 10.6 Å². The Morgan fingerprint density at radius 1 is 1.25 bits per heavy atom. The SMILES string of the molecule is O=C1Nc2c(Cl)cc3ccoc3c2C2(CCCCC2)N1. The highest BCUT2D eigenvalue weighted by atomic mass is 35.5. The van der Waals surface area contributed by atoms with Gasteiger partial charge in [0, 0.05) is 10.9 Å². The molecule has 20 heavy (non-hydrogen) atoms. The maximum absolute atomic E-state index is 12.0. The van der Waals surface area contributed by atoms with Gasteiger partial charge >= 0.3 is 6.03 Å². The Kier molecular flexibility index (Phi) is 2.51.